The van der Waals surface area contributed by atoms with Gasteiger partial charge >= 0.3 is 0 Å². The second kappa shape index (κ2) is 7.13. The van der Waals surface area contributed by atoms with Crippen LogP contribution in [0.2, 0.25) is 0 Å². The highest BCUT2D eigenvalue weighted by Gasteiger charge is 2.37. The summed E-state index contributed by atoms with van der Waals surface area (Å²) < 4.78 is 33.3. The van der Waals surface area contributed by atoms with Gasteiger partial charge in [0.25, 0.3) is 10.0 Å². The lowest BCUT2D eigenvalue weighted by Crippen LogP contribution is -2.42. The van der Waals surface area contributed by atoms with E-state index >= 15 is 0 Å². The third kappa shape index (κ3) is 3.35. The smallest absolute Gasteiger partial charge is 0.261 e. The van der Waals surface area contributed by atoms with E-state index in [0.717, 1.165) is 30.5 Å². The van der Waals surface area contributed by atoms with Gasteiger partial charge in [-0.05, 0) is 74.2 Å². The zero-order valence-corrected chi connectivity index (χ0v) is 16.8. The predicted octanol–water partition coefficient (Wildman–Crippen LogP) is 3.57. The van der Waals surface area contributed by atoms with Crippen molar-refractivity contribution in [3.8, 4) is 5.75 Å². The van der Waals surface area contributed by atoms with Crippen LogP contribution in [-0.2, 0) is 21.2 Å². The van der Waals surface area contributed by atoms with E-state index < -0.39 is 10.0 Å². The first-order chi connectivity index (χ1) is 13.4. The molecule has 0 bridgehead atoms. The maximum atomic E-state index is 12.8. The Kier molecular flexibility index (Phi) is 4.79. The van der Waals surface area contributed by atoms with Crippen molar-refractivity contribution in [3.63, 3.8) is 0 Å². The van der Waals surface area contributed by atoms with Crippen LogP contribution >= 0.6 is 0 Å². The Labute approximate surface area is 165 Å². The van der Waals surface area contributed by atoms with Gasteiger partial charge in [-0.3, -0.25) is 9.52 Å². The molecule has 0 aromatic heterocycles. The fourth-order valence-corrected chi connectivity index (χ4v) is 4.94. The van der Waals surface area contributed by atoms with E-state index in [2.05, 4.69) is 4.72 Å². The number of benzene rings is 2. The predicted molar refractivity (Wildman–Crippen MR) is 108 cm³/mol. The van der Waals surface area contributed by atoms with Crippen molar-refractivity contribution < 1.29 is 17.9 Å². The SMILES string of the molecule is COc1ccc(NS(=O)(=O)c2ccc3c(c2)CC(C)N3C(=O)C2CCC2)cc1. The zero-order chi connectivity index (χ0) is 19.9. The summed E-state index contributed by atoms with van der Waals surface area (Å²) in [7, 11) is -2.15. The van der Waals surface area contributed by atoms with Gasteiger partial charge in [0.2, 0.25) is 5.91 Å². The number of carbonyl (C=O) groups excluding carboxylic acids is 1. The molecule has 2 aliphatic rings. The summed E-state index contributed by atoms with van der Waals surface area (Å²) in [5, 5.41) is 0. The Bertz CT molecular complexity index is 998. The maximum Gasteiger partial charge on any atom is 0.261 e. The molecule has 0 saturated heterocycles. The van der Waals surface area contributed by atoms with Crippen LogP contribution in [0.25, 0.3) is 0 Å². The molecule has 1 amide bonds. The quantitative estimate of drug-likeness (QED) is 0.832. The third-order valence-corrected chi connectivity index (χ3v) is 6.99. The highest BCUT2D eigenvalue weighted by atomic mass is 32.2. The van der Waals surface area contributed by atoms with E-state index in [-0.39, 0.29) is 22.8 Å². The number of rotatable bonds is 5. The molecule has 4 rings (SSSR count). The number of hydrogen-bond acceptors (Lipinski definition) is 4. The van der Waals surface area contributed by atoms with Gasteiger partial charge in [0.1, 0.15) is 5.75 Å². The molecule has 6 nitrogen and oxygen atoms in total. The van der Waals surface area contributed by atoms with E-state index in [9.17, 15) is 13.2 Å². The summed E-state index contributed by atoms with van der Waals surface area (Å²) in [5.74, 6) is 0.948. The minimum absolute atomic E-state index is 0.0515. The standard InChI is InChI=1S/C21H24N2O4S/c1-14-12-16-13-19(10-11-20(16)23(14)21(24)15-4-3-5-15)28(25,26)22-17-6-8-18(27-2)9-7-17/h6-11,13-15,22H,3-5,12H2,1-2H3. The van der Waals surface area contributed by atoms with Gasteiger partial charge in [0.05, 0.1) is 12.0 Å². The van der Waals surface area contributed by atoms with Crippen LogP contribution in [0.5, 0.6) is 5.75 Å². The van der Waals surface area contributed by atoms with Gasteiger partial charge in [0, 0.05) is 23.3 Å². The third-order valence-electron chi connectivity index (χ3n) is 5.61. The zero-order valence-electron chi connectivity index (χ0n) is 16.0. The van der Waals surface area contributed by atoms with Crippen molar-refractivity contribution in [2.45, 2.75) is 43.5 Å². The van der Waals surface area contributed by atoms with E-state index in [0.29, 0.717) is 17.9 Å². The Balaban J connectivity index is 1.58. The fraction of sp³-hybridized carbons (Fsp3) is 0.381. The molecule has 28 heavy (non-hydrogen) atoms. The molecule has 1 atom stereocenters. The van der Waals surface area contributed by atoms with Gasteiger partial charge in [-0.2, -0.15) is 0 Å². The van der Waals surface area contributed by atoms with Crippen molar-refractivity contribution in [1.29, 1.82) is 0 Å². The van der Waals surface area contributed by atoms with E-state index in [1.807, 2.05) is 11.8 Å². The fourth-order valence-electron chi connectivity index (χ4n) is 3.84. The molecular formula is C21H24N2O4S. The monoisotopic (exact) mass is 400 g/mol. The van der Waals surface area contributed by atoms with Crippen molar-refractivity contribution in [3.05, 3.63) is 48.0 Å². The lowest BCUT2D eigenvalue weighted by molar-refractivity contribution is -0.125. The maximum absolute atomic E-state index is 12.8. The van der Waals surface area contributed by atoms with Crippen molar-refractivity contribution >= 4 is 27.3 Å². The topological polar surface area (TPSA) is 75.7 Å². The average Bonchev–Trinajstić information content (AvgIpc) is 2.95. The second-order valence-corrected chi connectivity index (χ2v) is 9.20. The molecule has 1 fully saturated rings. The number of nitrogens with zero attached hydrogens (tertiary/aromatic N) is 1. The highest BCUT2D eigenvalue weighted by molar-refractivity contribution is 7.92. The molecule has 0 radical (unpaired) electrons. The van der Waals surface area contributed by atoms with Gasteiger partial charge in [-0.25, -0.2) is 8.42 Å². The summed E-state index contributed by atoms with van der Waals surface area (Å²) in [6.07, 6.45) is 3.69. The number of amides is 1. The molecule has 1 unspecified atom stereocenters. The first-order valence-electron chi connectivity index (χ1n) is 9.52. The largest absolute Gasteiger partial charge is 0.497 e. The highest BCUT2D eigenvalue weighted by Crippen LogP contribution is 2.38. The number of methoxy groups -OCH3 is 1. The lowest BCUT2D eigenvalue weighted by atomic mass is 9.84. The average molecular weight is 401 g/mol. The molecule has 1 N–H and O–H groups in total. The Morgan fingerprint density at radius 2 is 1.86 bits per heavy atom. The van der Waals surface area contributed by atoms with E-state index in [1.165, 1.54) is 0 Å². The first-order valence-corrected chi connectivity index (χ1v) is 11.0. The lowest BCUT2D eigenvalue weighted by Gasteiger charge is -2.32. The summed E-state index contributed by atoms with van der Waals surface area (Å²) in [5.41, 5.74) is 2.21. The van der Waals surface area contributed by atoms with Crippen LogP contribution < -0.4 is 14.4 Å². The van der Waals surface area contributed by atoms with Crippen LogP contribution in [0.4, 0.5) is 11.4 Å². The minimum Gasteiger partial charge on any atom is -0.497 e. The summed E-state index contributed by atoms with van der Waals surface area (Å²) in [6, 6.07) is 11.8. The molecule has 7 heteroatoms. The van der Waals surface area contributed by atoms with Gasteiger partial charge in [0.15, 0.2) is 0 Å². The molecule has 0 spiro atoms. The van der Waals surface area contributed by atoms with Crippen LogP contribution in [0, 0.1) is 5.92 Å². The number of nitrogens with one attached hydrogen (secondary N) is 1. The van der Waals surface area contributed by atoms with Crippen molar-refractivity contribution in [1.82, 2.24) is 0 Å². The number of carbonyl (C=O) groups is 1. The summed E-state index contributed by atoms with van der Waals surface area (Å²) >= 11 is 0. The molecule has 1 saturated carbocycles. The summed E-state index contributed by atoms with van der Waals surface area (Å²) in [6.45, 7) is 2.01. The number of hydrogen-bond donors (Lipinski definition) is 1. The molecule has 1 aliphatic carbocycles. The van der Waals surface area contributed by atoms with Gasteiger partial charge in [-0.1, -0.05) is 6.42 Å². The van der Waals surface area contributed by atoms with E-state index in [1.54, 1.807) is 49.6 Å². The number of ether oxygens (including phenoxy) is 1. The van der Waals surface area contributed by atoms with Gasteiger partial charge in [-0.15, -0.1) is 0 Å². The van der Waals surface area contributed by atoms with Gasteiger partial charge < -0.3 is 9.64 Å². The second-order valence-electron chi connectivity index (χ2n) is 7.51. The normalized spacial score (nSPS) is 19.1. The summed E-state index contributed by atoms with van der Waals surface area (Å²) in [4.78, 5) is 14.8. The molecule has 148 valence electrons. The first kappa shape index (κ1) is 18.8. The Hall–Kier alpha value is -2.54. The number of anilines is 2. The molecule has 1 heterocycles. The number of fused-ring (bicyclic) bond motifs is 1. The van der Waals surface area contributed by atoms with Crippen LogP contribution in [-0.4, -0.2) is 27.5 Å². The van der Waals surface area contributed by atoms with Crippen LogP contribution in [0.15, 0.2) is 47.4 Å². The Morgan fingerprint density at radius 3 is 2.46 bits per heavy atom. The molecule has 1 aliphatic heterocycles. The minimum atomic E-state index is -3.71. The number of sulfonamides is 1. The van der Waals surface area contributed by atoms with Crippen LogP contribution in [0.1, 0.15) is 31.7 Å². The van der Waals surface area contributed by atoms with Crippen molar-refractivity contribution in [2.24, 2.45) is 5.92 Å². The molecule has 2 aromatic rings. The molecule has 2 aromatic carbocycles. The van der Waals surface area contributed by atoms with Crippen LogP contribution in [0.3, 0.4) is 0 Å². The van der Waals surface area contributed by atoms with Crippen molar-refractivity contribution in [2.75, 3.05) is 16.7 Å². The Morgan fingerprint density at radius 1 is 1.14 bits per heavy atom. The molecular weight excluding hydrogens is 376 g/mol. The van der Waals surface area contributed by atoms with E-state index in [4.69, 9.17) is 4.74 Å².